The van der Waals surface area contributed by atoms with Crippen molar-refractivity contribution in [3.05, 3.63) is 161 Å². The minimum absolute atomic E-state index is 1.13. The van der Waals surface area contributed by atoms with E-state index in [1.54, 1.807) is 0 Å². The topological polar surface area (TPSA) is 6.48 Å². The number of nitrogens with zero attached hydrogens (tertiary/aromatic N) is 2. The van der Waals surface area contributed by atoms with Crippen LogP contribution in [-0.4, -0.2) is 0 Å². The van der Waals surface area contributed by atoms with E-state index in [-0.39, 0.29) is 0 Å². The van der Waals surface area contributed by atoms with Gasteiger partial charge in [0.1, 0.15) is 0 Å². The summed E-state index contributed by atoms with van der Waals surface area (Å²) in [5.74, 6) is 0. The van der Waals surface area contributed by atoms with E-state index in [0.29, 0.717) is 0 Å². The summed E-state index contributed by atoms with van der Waals surface area (Å²) in [7, 11) is 0. The Kier molecular flexibility index (Phi) is 9.63. The van der Waals surface area contributed by atoms with Crippen molar-refractivity contribution in [2.75, 3.05) is 9.80 Å². The van der Waals surface area contributed by atoms with Crippen LogP contribution in [0.3, 0.4) is 0 Å². The van der Waals surface area contributed by atoms with Gasteiger partial charge < -0.3 is 9.80 Å². The second kappa shape index (κ2) is 13.6. The summed E-state index contributed by atoms with van der Waals surface area (Å²) in [6.45, 7) is 6.42. The van der Waals surface area contributed by atoms with E-state index in [1.807, 2.05) is 0 Å². The van der Waals surface area contributed by atoms with E-state index in [0.717, 1.165) is 34.1 Å². The van der Waals surface area contributed by atoms with Gasteiger partial charge in [-0.2, -0.15) is 0 Å². The number of halogens is 3. The van der Waals surface area contributed by atoms with Gasteiger partial charge in [-0.1, -0.05) is 59.7 Å². The maximum atomic E-state index is 2.41. The van der Waals surface area contributed by atoms with E-state index < -0.39 is 0 Å². The number of hydrogen-bond acceptors (Lipinski definition) is 2. The van der Waals surface area contributed by atoms with Crippen LogP contribution >= 0.6 is 67.8 Å². The number of anilines is 6. The lowest BCUT2D eigenvalue weighted by atomic mass is 10.0. The van der Waals surface area contributed by atoms with Crippen LogP contribution in [-0.2, 0) is 0 Å². The maximum Gasteiger partial charge on any atom is 0.0482 e. The Labute approximate surface area is 301 Å². The van der Waals surface area contributed by atoms with Crippen LogP contribution in [0.5, 0.6) is 0 Å². The maximum absolute atomic E-state index is 2.41. The molecule has 0 atom stereocenters. The zero-order valence-corrected chi connectivity index (χ0v) is 31.2. The van der Waals surface area contributed by atoms with Crippen LogP contribution in [0.2, 0.25) is 0 Å². The minimum atomic E-state index is 1.13. The minimum Gasteiger partial charge on any atom is -0.310 e. The zero-order chi connectivity index (χ0) is 30.8. The molecule has 0 heterocycles. The van der Waals surface area contributed by atoms with Gasteiger partial charge in [-0.3, -0.25) is 0 Å². The summed E-state index contributed by atoms with van der Waals surface area (Å²) >= 11 is 7.22. The smallest absolute Gasteiger partial charge is 0.0482 e. The molecule has 6 aromatic rings. The van der Waals surface area contributed by atoms with Crippen molar-refractivity contribution < 1.29 is 0 Å². The predicted octanol–water partition coefficient (Wildman–Crippen LogP) is 13.0. The predicted molar refractivity (Wildman–Crippen MR) is 214 cm³/mol. The second-order valence-corrected chi connectivity index (χ2v) is 14.8. The zero-order valence-electron chi connectivity index (χ0n) is 24.7. The van der Waals surface area contributed by atoms with Gasteiger partial charge in [-0.25, -0.2) is 0 Å². The van der Waals surface area contributed by atoms with Gasteiger partial charge in [-0.05, 0) is 190 Å². The SMILES string of the molecule is Cc1ccc(N(c2ccc(-c3ccc(N(c4ccc(C)cc4)c4cc(I)cc(I)c4)cc3)cc2)c2cc(C)cc(I)c2)cc1. The molecule has 218 valence electrons. The van der Waals surface area contributed by atoms with Crippen LogP contribution in [0.15, 0.2) is 133 Å². The molecule has 6 rings (SSSR count). The number of benzene rings is 6. The Morgan fingerprint density at radius 1 is 0.318 bits per heavy atom. The fraction of sp³-hybridized carbons (Fsp3) is 0.0769. The second-order valence-electron chi connectivity index (χ2n) is 11.1. The van der Waals surface area contributed by atoms with Crippen molar-refractivity contribution in [3.8, 4) is 11.1 Å². The summed E-state index contributed by atoms with van der Waals surface area (Å²) in [5, 5.41) is 0. The van der Waals surface area contributed by atoms with Gasteiger partial charge in [0.2, 0.25) is 0 Å². The molecule has 2 nitrogen and oxygen atoms in total. The molecule has 0 fully saturated rings. The molecule has 0 unspecified atom stereocenters. The molecule has 0 amide bonds. The van der Waals surface area contributed by atoms with E-state index in [1.165, 1.54) is 38.5 Å². The highest BCUT2D eigenvalue weighted by molar-refractivity contribution is 14.1. The molecule has 0 N–H and O–H groups in total. The van der Waals surface area contributed by atoms with Crippen LogP contribution in [0.4, 0.5) is 34.1 Å². The van der Waals surface area contributed by atoms with E-state index >= 15 is 0 Å². The van der Waals surface area contributed by atoms with Crippen molar-refractivity contribution in [2.45, 2.75) is 20.8 Å². The third-order valence-corrected chi connectivity index (χ3v) is 9.43. The summed E-state index contributed by atoms with van der Waals surface area (Å²) in [6.07, 6.45) is 0. The van der Waals surface area contributed by atoms with Crippen molar-refractivity contribution in [1.82, 2.24) is 0 Å². The third kappa shape index (κ3) is 7.15. The van der Waals surface area contributed by atoms with Gasteiger partial charge in [0, 0.05) is 44.8 Å². The lowest BCUT2D eigenvalue weighted by molar-refractivity contribution is 1.26. The molecule has 0 aliphatic carbocycles. The van der Waals surface area contributed by atoms with Gasteiger partial charge in [0.05, 0.1) is 0 Å². The molecule has 0 saturated heterocycles. The van der Waals surface area contributed by atoms with E-state index in [2.05, 4.69) is 232 Å². The summed E-state index contributed by atoms with van der Waals surface area (Å²) in [4.78, 5) is 4.67. The Hall–Kier alpha value is -2.89. The molecule has 5 heteroatoms. The standard InChI is InChI=1S/C39H31I3N2/c1-26-4-12-34(13-5-26)43(38-21-28(3)20-31(40)23-38)36-16-8-29(9-17-36)30-10-18-37(19-11-30)44(35-14-6-27(2)7-15-35)39-24-32(41)22-33(42)25-39/h4-25H,1-3H3. The van der Waals surface area contributed by atoms with Gasteiger partial charge in [0.25, 0.3) is 0 Å². The number of hydrogen-bond donors (Lipinski definition) is 0. The molecule has 0 aromatic heterocycles. The normalized spacial score (nSPS) is 11.0. The fourth-order valence-corrected chi connectivity index (χ4v) is 8.12. The summed E-state index contributed by atoms with van der Waals surface area (Å²) in [6, 6.07) is 48.7. The number of rotatable bonds is 7. The third-order valence-electron chi connectivity index (χ3n) is 7.56. The molecule has 0 bridgehead atoms. The molecule has 0 spiro atoms. The van der Waals surface area contributed by atoms with Crippen molar-refractivity contribution in [3.63, 3.8) is 0 Å². The largest absolute Gasteiger partial charge is 0.310 e. The van der Waals surface area contributed by atoms with Crippen molar-refractivity contribution >= 4 is 102 Å². The van der Waals surface area contributed by atoms with Crippen molar-refractivity contribution in [2.24, 2.45) is 0 Å². The Morgan fingerprint density at radius 2 is 0.636 bits per heavy atom. The van der Waals surface area contributed by atoms with Crippen LogP contribution < -0.4 is 9.80 Å². The van der Waals surface area contributed by atoms with Crippen LogP contribution in [0, 0.1) is 31.5 Å². The van der Waals surface area contributed by atoms with E-state index in [9.17, 15) is 0 Å². The summed E-state index contributed by atoms with van der Waals surface area (Å²) in [5.41, 5.74) is 13.0. The number of aryl methyl sites for hydroxylation is 3. The molecular formula is C39H31I3N2. The first kappa shape index (κ1) is 31.1. The molecular weight excluding hydrogens is 877 g/mol. The van der Waals surface area contributed by atoms with Crippen molar-refractivity contribution in [1.29, 1.82) is 0 Å². The lowest BCUT2D eigenvalue weighted by Crippen LogP contribution is -2.10. The molecule has 44 heavy (non-hydrogen) atoms. The van der Waals surface area contributed by atoms with E-state index in [4.69, 9.17) is 0 Å². The first-order valence-corrected chi connectivity index (χ1v) is 17.6. The fourth-order valence-electron chi connectivity index (χ4n) is 5.40. The molecule has 0 saturated carbocycles. The van der Waals surface area contributed by atoms with Crippen LogP contribution in [0.1, 0.15) is 16.7 Å². The quantitative estimate of drug-likeness (QED) is 0.147. The first-order valence-electron chi connectivity index (χ1n) is 14.4. The average molecular weight is 908 g/mol. The highest BCUT2D eigenvalue weighted by Gasteiger charge is 2.16. The van der Waals surface area contributed by atoms with Gasteiger partial charge >= 0.3 is 0 Å². The Balaban J connectivity index is 1.34. The van der Waals surface area contributed by atoms with Gasteiger partial charge in [-0.15, -0.1) is 0 Å². The lowest BCUT2D eigenvalue weighted by Gasteiger charge is -2.27. The Morgan fingerprint density at radius 3 is 1.00 bits per heavy atom. The molecule has 0 radical (unpaired) electrons. The molecule has 0 aliphatic heterocycles. The summed E-state index contributed by atoms with van der Waals surface area (Å²) < 4.78 is 3.67. The molecule has 6 aromatic carbocycles. The average Bonchev–Trinajstić information content (AvgIpc) is 2.99. The molecule has 0 aliphatic rings. The highest BCUT2D eigenvalue weighted by atomic mass is 127. The monoisotopic (exact) mass is 908 g/mol. The Bertz CT molecular complexity index is 1710. The van der Waals surface area contributed by atoms with Gasteiger partial charge in [0.15, 0.2) is 0 Å². The highest BCUT2D eigenvalue weighted by Crippen LogP contribution is 2.39. The van der Waals surface area contributed by atoms with Crippen LogP contribution in [0.25, 0.3) is 11.1 Å². The first-order chi connectivity index (χ1) is 21.2.